The molecule has 0 N–H and O–H groups in total. The Morgan fingerprint density at radius 2 is 2.25 bits per heavy atom. The van der Waals surface area contributed by atoms with E-state index >= 15 is 0 Å². The highest BCUT2D eigenvalue weighted by molar-refractivity contribution is 6.31. The Morgan fingerprint density at radius 1 is 1.50 bits per heavy atom. The summed E-state index contributed by atoms with van der Waals surface area (Å²) in [4.78, 5) is 11.4. The topological polar surface area (TPSA) is 17.1 Å². The number of ketones is 1. The zero-order chi connectivity index (χ0) is 8.72. The molecule has 0 bridgehead atoms. The van der Waals surface area contributed by atoms with E-state index in [0.29, 0.717) is 17.4 Å². The van der Waals surface area contributed by atoms with Crippen LogP contribution in [0.2, 0.25) is 5.02 Å². The lowest BCUT2D eigenvalue weighted by atomic mass is 10.0. The fourth-order valence-corrected chi connectivity index (χ4v) is 1.87. The molecule has 1 aromatic carbocycles. The van der Waals surface area contributed by atoms with Crippen LogP contribution in [0.25, 0.3) is 0 Å². The summed E-state index contributed by atoms with van der Waals surface area (Å²) >= 11 is 5.78. The van der Waals surface area contributed by atoms with Crippen LogP contribution in [0.4, 0.5) is 0 Å². The molecule has 0 heterocycles. The summed E-state index contributed by atoms with van der Waals surface area (Å²) in [6.07, 6.45) is 0.635. The van der Waals surface area contributed by atoms with Crippen LogP contribution in [0.3, 0.4) is 0 Å². The third kappa shape index (κ3) is 1.05. The Morgan fingerprint density at radius 3 is 3.00 bits per heavy atom. The number of carbonyl (C=O) groups is 1. The Balaban J connectivity index is 2.60. The summed E-state index contributed by atoms with van der Waals surface area (Å²) in [6.45, 7) is 2.07. The fourth-order valence-electron chi connectivity index (χ4n) is 1.70. The molecule has 1 nitrogen and oxygen atoms in total. The smallest absolute Gasteiger partial charge is 0.163 e. The van der Waals surface area contributed by atoms with E-state index in [1.165, 1.54) is 0 Å². The van der Waals surface area contributed by atoms with Gasteiger partial charge < -0.3 is 0 Å². The van der Waals surface area contributed by atoms with E-state index in [-0.39, 0.29) is 5.78 Å². The number of hydrogen-bond donors (Lipinski definition) is 0. The largest absolute Gasteiger partial charge is 0.294 e. The SMILES string of the molecule is CC1CC(=O)c2cc(Cl)ccc21. The number of benzene rings is 1. The van der Waals surface area contributed by atoms with Gasteiger partial charge >= 0.3 is 0 Å². The molecule has 0 amide bonds. The first kappa shape index (κ1) is 7.81. The van der Waals surface area contributed by atoms with Crippen molar-refractivity contribution in [3.05, 3.63) is 34.3 Å². The first-order valence-electron chi connectivity index (χ1n) is 4.01. The molecule has 0 aromatic heterocycles. The third-order valence-corrected chi connectivity index (χ3v) is 2.57. The molecule has 0 fully saturated rings. The first-order chi connectivity index (χ1) is 5.68. The minimum atomic E-state index is 0.222. The van der Waals surface area contributed by atoms with Gasteiger partial charge in [-0.05, 0) is 23.6 Å². The van der Waals surface area contributed by atoms with Gasteiger partial charge in [-0.3, -0.25) is 4.79 Å². The molecule has 1 unspecified atom stereocenters. The highest BCUT2D eigenvalue weighted by atomic mass is 35.5. The van der Waals surface area contributed by atoms with Crippen molar-refractivity contribution in [3.8, 4) is 0 Å². The van der Waals surface area contributed by atoms with Crippen LogP contribution in [0.1, 0.15) is 35.2 Å². The van der Waals surface area contributed by atoms with E-state index in [1.54, 1.807) is 6.07 Å². The third-order valence-electron chi connectivity index (χ3n) is 2.34. The van der Waals surface area contributed by atoms with Crippen molar-refractivity contribution in [2.45, 2.75) is 19.3 Å². The highest BCUT2D eigenvalue weighted by Crippen LogP contribution is 2.33. The van der Waals surface area contributed by atoms with E-state index in [9.17, 15) is 4.79 Å². The minimum Gasteiger partial charge on any atom is -0.294 e. The summed E-state index contributed by atoms with van der Waals surface area (Å²) < 4.78 is 0. The van der Waals surface area contributed by atoms with Crippen molar-refractivity contribution >= 4 is 17.4 Å². The predicted molar refractivity (Wildman–Crippen MR) is 48.8 cm³/mol. The maximum atomic E-state index is 11.4. The second-order valence-corrected chi connectivity index (χ2v) is 3.70. The van der Waals surface area contributed by atoms with E-state index in [0.717, 1.165) is 11.1 Å². The Labute approximate surface area is 76.4 Å². The van der Waals surface area contributed by atoms with Crippen molar-refractivity contribution in [3.63, 3.8) is 0 Å². The highest BCUT2D eigenvalue weighted by Gasteiger charge is 2.25. The number of carbonyl (C=O) groups excluding carboxylic acids is 1. The lowest BCUT2D eigenvalue weighted by Gasteiger charge is -2.01. The molecule has 2 rings (SSSR count). The quantitative estimate of drug-likeness (QED) is 0.600. The molecular formula is C10H9ClO. The summed E-state index contributed by atoms with van der Waals surface area (Å²) in [5.74, 6) is 0.588. The van der Waals surface area contributed by atoms with Crippen molar-refractivity contribution in [1.82, 2.24) is 0 Å². The van der Waals surface area contributed by atoms with Crippen LogP contribution >= 0.6 is 11.6 Å². The van der Waals surface area contributed by atoms with Crippen molar-refractivity contribution in [1.29, 1.82) is 0 Å². The van der Waals surface area contributed by atoms with Gasteiger partial charge in [-0.15, -0.1) is 0 Å². The van der Waals surface area contributed by atoms with Crippen molar-refractivity contribution in [2.75, 3.05) is 0 Å². The van der Waals surface area contributed by atoms with Gasteiger partial charge in [-0.25, -0.2) is 0 Å². The molecule has 1 atom stereocenters. The van der Waals surface area contributed by atoms with Gasteiger partial charge in [0.1, 0.15) is 0 Å². The Kier molecular flexibility index (Phi) is 1.69. The summed E-state index contributed by atoms with van der Waals surface area (Å²) in [5, 5.41) is 0.649. The van der Waals surface area contributed by atoms with Crippen LogP contribution < -0.4 is 0 Å². The molecule has 2 heteroatoms. The van der Waals surface area contributed by atoms with Gasteiger partial charge in [-0.2, -0.15) is 0 Å². The standard InChI is InChI=1S/C10H9ClO/c1-6-4-10(12)9-5-7(11)2-3-8(6)9/h2-3,5-6H,4H2,1H3. The average molecular weight is 181 g/mol. The molecule has 1 aliphatic rings. The Bertz CT molecular complexity index is 344. The molecule has 1 aliphatic carbocycles. The lowest BCUT2D eigenvalue weighted by Crippen LogP contribution is -1.89. The average Bonchev–Trinajstić information content (AvgIpc) is 2.28. The Hall–Kier alpha value is -0.820. The normalized spacial score (nSPS) is 21.2. The van der Waals surface area contributed by atoms with E-state index in [2.05, 4.69) is 6.92 Å². The van der Waals surface area contributed by atoms with Gasteiger partial charge in [0.25, 0.3) is 0 Å². The van der Waals surface area contributed by atoms with Crippen LogP contribution in [-0.4, -0.2) is 5.78 Å². The molecule has 62 valence electrons. The molecule has 0 saturated heterocycles. The van der Waals surface area contributed by atoms with E-state index < -0.39 is 0 Å². The molecule has 0 radical (unpaired) electrons. The van der Waals surface area contributed by atoms with Gasteiger partial charge in [0.05, 0.1) is 0 Å². The van der Waals surface area contributed by atoms with E-state index in [1.807, 2.05) is 12.1 Å². The fraction of sp³-hybridized carbons (Fsp3) is 0.300. The number of fused-ring (bicyclic) bond motifs is 1. The van der Waals surface area contributed by atoms with Gasteiger partial charge in [0.2, 0.25) is 0 Å². The second kappa shape index (κ2) is 2.60. The molecule has 0 saturated carbocycles. The zero-order valence-electron chi connectivity index (χ0n) is 6.80. The summed E-state index contributed by atoms with van der Waals surface area (Å²) in [5.41, 5.74) is 1.96. The predicted octanol–water partition coefficient (Wildman–Crippen LogP) is 3.03. The van der Waals surface area contributed by atoms with Gasteiger partial charge in [0, 0.05) is 17.0 Å². The lowest BCUT2D eigenvalue weighted by molar-refractivity contribution is 0.0990. The van der Waals surface area contributed by atoms with Crippen LogP contribution in [0.15, 0.2) is 18.2 Å². The maximum absolute atomic E-state index is 11.4. The van der Waals surface area contributed by atoms with E-state index in [4.69, 9.17) is 11.6 Å². The van der Waals surface area contributed by atoms with Crippen molar-refractivity contribution < 1.29 is 4.79 Å². The zero-order valence-corrected chi connectivity index (χ0v) is 7.56. The maximum Gasteiger partial charge on any atom is 0.163 e. The molecule has 0 spiro atoms. The van der Waals surface area contributed by atoms with Crippen LogP contribution in [0.5, 0.6) is 0 Å². The van der Waals surface area contributed by atoms with Crippen LogP contribution in [0, 0.1) is 0 Å². The van der Waals surface area contributed by atoms with Crippen molar-refractivity contribution in [2.24, 2.45) is 0 Å². The number of hydrogen-bond acceptors (Lipinski definition) is 1. The molecule has 1 aromatic rings. The second-order valence-electron chi connectivity index (χ2n) is 3.26. The monoisotopic (exact) mass is 180 g/mol. The summed E-state index contributed by atoms with van der Waals surface area (Å²) in [7, 11) is 0. The molecule has 0 aliphatic heterocycles. The number of Topliss-reactive ketones (excluding diaryl/α,β-unsaturated/α-hetero) is 1. The number of halogens is 1. The molecule has 12 heavy (non-hydrogen) atoms. The molecular weight excluding hydrogens is 172 g/mol. The van der Waals surface area contributed by atoms with Crippen LogP contribution in [-0.2, 0) is 0 Å². The minimum absolute atomic E-state index is 0.222. The van der Waals surface area contributed by atoms with Gasteiger partial charge in [0.15, 0.2) is 5.78 Å². The number of rotatable bonds is 0. The summed E-state index contributed by atoms with van der Waals surface area (Å²) in [6, 6.07) is 5.56. The first-order valence-corrected chi connectivity index (χ1v) is 4.39. The van der Waals surface area contributed by atoms with Gasteiger partial charge in [-0.1, -0.05) is 24.6 Å².